The lowest BCUT2D eigenvalue weighted by atomic mass is 9.75. The summed E-state index contributed by atoms with van der Waals surface area (Å²) in [6, 6.07) is 0. The maximum absolute atomic E-state index is 13.6. The average molecular weight is 1730 g/mol. The Morgan fingerprint density at radius 3 is 1.08 bits per heavy atom. The highest BCUT2D eigenvalue weighted by Gasteiger charge is 2.27. The fourth-order valence-corrected chi connectivity index (χ4v) is 18.7. The summed E-state index contributed by atoms with van der Waals surface area (Å²) in [5, 5.41) is 0. The van der Waals surface area contributed by atoms with E-state index in [1.54, 1.807) is 0 Å². The lowest BCUT2D eigenvalue weighted by molar-refractivity contribution is -0.164. The summed E-state index contributed by atoms with van der Waals surface area (Å²) < 4.78 is 55.3. The lowest BCUT2D eigenvalue weighted by Gasteiger charge is -2.32. The molecule has 1 aliphatic rings. The van der Waals surface area contributed by atoms with Gasteiger partial charge in [-0.25, -0.2) is 0 Å². The molecule has 1 heterocycles. The first-order chi connectivity index (χ1) is 59.5. The first-order valence-corrected chi connectivity index (χ1v) is 53.8. The summed E-state index contributed by atoms with van der Waals surface area (Å²) >= 11 is 0. The molecule has 0 bridgehead atoms. The van der Waals surface area contributed by atoms with Crippen LogP contribution in [0.15, 0.2) is 0 Å². The molecule has 15 nitrogen and oxygen atoms in total. The average Bonchev–Trinajstić information content (AvgIpc) is 0.920. The Kier molecular flexibility index (Phi) is 85.5. The van der Waals surface area contributed by atoms with Crippen molar-refractivity contribution < 1.29 is 57.0 Å². The fraction of sp³-hybridized carbons (Fsp3) is 0.972. The van der Waals surface area contributed by atoms with Gasteiger partial charge in [-0.2, -0.15) is 0 Å². The van der Waals surface area contributed by atoms with Crippen LogP contribution in [0, 0.1) is 41.4 Å². The number of carbonyl (C=O) groups is 3. The van der Waals surface area contributed by atoms with E-state index in [0.717, 1.165) is 206 Å². The third-order valence-corrected chi connectivity index (χ3v) is 27.0. The Morgan fingerprint density at radius 1 is 0.303 bits per heavy atom. The molecule has 726 valence electrons. The van der Waals surface area contributed by atoms with Crippen LogP contribution in [0.4, 0.5) is 0 Å². The standard InChI is InChI=1S/C107H211N3O12/c1-15-23-45-61-97(62-46-24-16-2)75-88-116-94(9)114-85-57-43-35-39-53-69-104(122-96(11)118-92-84-108(12)13)70-54-40-36-44-58-86-115-95(10)117-89-76-99(65-49-27-19-5)73-74-101(22-8)103(60-21-7)93-100(66-50-28-20-6)78-91-120-106(112)72-56-42-34-30-32-38-52-68-102(107(113)121-87-59-79-110-82-80-109(14)81-83-110)67-51-37-31-29-33-41-55-71-105(111)119-90-77-98(63-47-25-17-3)64-48-26-18-4/h94-104H,15-93H2,1-14H3. The lowest BCUT2D eigenvalue weighted by Crippen LogP contribution is -2.44. The largest absolute Gasteiger partial charge is 0.466 e. The number of carbonyl (C=O) groups excluding carboxylic acids is 3. The van der Waals surface area contributed by atoms with Crippen molar-refractivity contribution in [1.82, 2.24) is 14.7 Å². The van der Waals surface area contributed by atoms with Crippen LogP contribution in [0.5, 0.6) is 0 Å². The maximum atomic E-state index is 13.6. The van der Waals surface area contributed by atoms with Gasteiger partial charge in [0.1, 0.15) is 0 Å². The minimum Gasteiger partial charge on any atom is -0.466 e. The number of nitrogens with zero attached hydrogens (tertiary/aromatic N) is 3. The molecule has 15 heteroatoms. The van der Waals surface area contributed by atoms with Crippen molar-refractivity contribution in [1.29, 1.82) is 0 Å². The number of ether oxygens (including phenoxy) is 9. The number of rotatable bonds is 96. The normalized spacial score (nSPS) is 15.3. The molecule has 0 saturated carbocycles. The highest BCUT2D eigenvalue weighted by atomic mass is 16.7. The molecule has 0 spiro atoms. The van der Waals surface area contributed by atoms with Crippen LogP contribution in [0.3, 0.4) is 0 Å². The Bertz CT molecular complexity index is 2170. The number of unbranched alkanes of at least 4 members (excludes halogenated alkanes) is 32. The van der Waals surface area contributed by atoms with Crippen molar-refractivity contribution in [3.05, 3.63) is 0 Å². The number of hydrogen-bond donors (Lipinski definition) is 0. The first kappa shape index (κ1) is 118. The van der Waals surface area contributed by atoms with E-state index in [1.807, 2.05) is 0 Å². The molecule has 0 radical (unpaired) electrons. The molecule has 1 saturated heterocycles. The van der Waals surface area contributed by atoms with Gasteiger partial charge in [-0.05, 0) is 174 Å². The van der Waals surface area contributed by atoms with Crippen molar-refractivity contribution in [3.8, 4) is 0 Å². The van der Waals surface area contributed by atoms with Gasteiger partial charge in [0.15, 0.2) is 18.9 Å². The van der Waals surface area contributed by atoms with Crippen LogP contribution >= 0.6 is 0 Å². The van der Waals surface area contributed by atoms with Crippen LogP contribution in [-0.4, -0.2) is 171 Å². The van der Waals surface area contributed by atoms with Crippen molar-refractivity contribution in [2.24, 2.45) is 41.4 Å². The van der Waals surface area contributed by atoms with Gasteiger partial charge in [0.2, 0.25) is 0 Å². The summed E-state index contributed by atoms with van der Waals surface area (Å²) in [6.45, 7) is 36.6. The predicted octanol–water partition coefficient (Wildman–Crippen LogP) is 29.8. The van der Waals surface area contributed by atoms with Crippen LogP contribution in [0.1, 0.15) is 494 Å². The molecule has 1 aliphatic heterocycles. The van der Waals surface area contributed by atoms with Gasteiger partial charge in [-0.3, -0.25) is 14.4 Å². The SMILES string of the molecule is CCCCCC(CCCCC)CCOC(=O)CCCCCCCCCC(CCCCCCCCCC(=O)OCCC(CCCCC)CC(CCC)C(CC)CCC(CCCCC)CCOC(C)OCCCCCCCC(CCCCCCCOC(C)OCCC(CCCCC)CCCCC)OC(C)OCCN(C)C)C(=O)OCCCN1CCN(C)CC1. The first-order valence-electron chi connectivity index (χ1n) is 53.8. The molecule has 0 aliphatic carbocycles. The number of piperazine rings is 1. The van der Waals surface area contributed by atoms with E-state index < -0.39 is 0 Å². The van der Waals surface area contributed by atoms with E-state index in [9.17, 15) is 14.4 Å². The molecular weight excluding hydrogens is 1520 g/mol. The zero-order chi connectivity index (χ0) is 89.0. The van der Waals surface area contributed by atoms with E-state index in [0.29, 0.717) is 62.9 Å². The van der Waals surface area contributed by atoms with E-state index in [2.05, 4.69) is 112 Å². The Labute approximate surface area is 758 Å². The highest BCUT2D eigenvalue weighted by molar-refractivity contribution is 5.72. The van der Waals surface area contributed by atoms with E-state index in [1.165, 1.54) is 276 Å². The Hall–Kier alpha value is -1.95. The van der Waals surface area contributed by atoms with Crippen molar-refractivity contribution in [2.75, 3.05) is 113 Å². The van der Waals surface area contributed by atoms with Gasteiger partial charge >= 0.3 is 17.9 Å². The summed E-state index contributed by atoms with van der Waals surface area (Å²) in [5.41, 5.74) is 0. The van der Waals surface area contributed by atoms with Crippen LogP contribution in [0.2, 0.25) is 0 Å². The third kappa shape index (κ3) is 74.8. The molecular formula is C107H211N3O12. The van der Waals surface area contributed by atoms with Crippen molar-refractivity contribution in [2.45, 2.75) is 518 Å². The molecule has 9 atom stereocenters. The van der Waals surface area contributed by atoms with Gasteiger partial charge in [0.05, 0.1) is 38.4 Å². The second-order valence-corrected chi connectivity index (χ2v) is 38.7. The van der Waals surface area contributed by atoms with Gasteiger partial charge in [-0.1, -0.05) is 364 Å². The molecule has 9 unspecified atom stereocenters. The molecule has 0 aromatic rings. The van der Waals surface area contributed by atoms with Gasteiger partial charge in [0.25, 0.3) is 0 Å². The second-order valence-electron chi connectivity index (χ2n) is 38.7. The summed E-state index contributed by atoms with van der Waals surface area (Å²) in [6.07, 6.45) is 75.8. The second kappa shape index (κ2) is 88.3. The number of likely N-dealkylation sites (N-methyl/N-ethyl adjacent to an activating group) is 2. The number of hydrogen-bond acceptors (Lipinski definition) is 15. The molecule has 0 aromatic carbocycles. The fourth-order valence-electron chi connectivity index (χ4n) is 18.7. The van der Waals surface area contributed by atoms with E-state index >= 15 is 0 Å². The van der Waals surface area contributed by atoms with Crippen LogP contribution in [-0.2, 0) is 57.0 Å². The molecule has 1 fully saturated rings. The van der Waals surface area contributed by atoms with Gasteiger partial charge in [-0.15, -0.1) is 0 Å². The zero-order valence-electron chi connectivity index (χ0n) is 84.0. The maximum Gasteiger partial charge on any atom is 0.308 e. The smallest absolute Gasteiger partial charge is 0.308 e. The summed E-state index contributed by atoms with van der Waals surface area (Å²) in [4.78, 5) is 46.4. The van der Waals surface area contributed by atoms with Gasteiger partial charge < -0.3 is 57.3 Å². The quantitative estimate of drug-likeness (QED) is 0.0246. The molecule has 0 aromatic heterocycles. The minimum absolute atomic E-state index is 0.0141. The third-order valence-electron chi connectivity index (χ3n) is 27.0. The predicted molar refractivity (Wildman–Crippen MR) is 518 cm³/mol. The van der Waals surface area contributed by atoms with Crippen LogP contribution in [0.25, 0.3) is 0 Å². The molecule has 0 N–H and O–H groups in total. The van der Waals surface area contributed by atoms with Crippen molar-refractivity contribution in [3.63, 3.8) is 0 Å². The monoisotopic (exact) mass is 1730 g/mol. The van der Waals surface area contributed by atoms with Crippen LogP contribution < -0.4 is 0 Å². The van der Waals surface area contributed by atoms with Crippen molar-refractivity contribution >= 4 is 17.9 Å². The molecule has 122 heavy (non-hydrogen) atoms. The molecule has 0 amide bonds. The van der Waals surface area contributed by atoms with E-state index in [-0.39, 0.29) is 48.8 Å². The minimum atomic E-state index is -0.190. The van der Waals surface area contributed by atoms with E-state index in [4.69, 9.17) is 42.6 Å². The van der Waals surface area contributed by atoms with Gasteiger partial charge in [0, 0.05) is 78.5 Å². The highest BCUT2D eigenvalue weighted by Crippen LogP contribution is 2.37. The summed E-state index contributed by atoms with van der Waals surface area (Å²) in [5.74, 6) is 4.16. The Morgan fingerprint density at radius 2 is 0.664 bits per heavy atom. The Balaban J connectivity index is 2.55. The number of esters is 3. The molecule has 1 rings (SSSR count). The topological polar surface area (TPSA) is 144 Å². The zero-order valence-corrected chi connectivity index (χ0v) is 84.0. The summed E-state index contributed by atoms with van der Waals surface area (Å²) in [7, 11) is 6.37.